The van der Waals surface area contributed by atoms with Crippen LogP contribution in [0.4, 0.5) is 5.69 Å². The van der Waals surface area contributed by atoms with Crippen LogP contribution >= 0.6 is 0 Å². The molecule has 0 saturated heterocycles. The zero-order chi connectivity index (χ0) is 17.6. The number of ether oxygens (including phenoxy) is 2. The average molecular weight is 556 g/mol. The van der Waals surface area contributed by atoms with Gasteiger partial charge in [-0.3, -0.25) is 4.55 Å². The minimum Gasteiger partial charge on any atom is -0.537 e. The predicted molar refractivity (Wildman–Crippen MR) is 98.5 cm³/mol. The summed E-state index contributed by atoms with van der Waals surface area (Å²) in [4.78, 5) is 4.68. The first-order valence-electron chi connectivity index (χ1n) is 7.15. The van der Waals surface area contributed by atoms with Gasteiger partial charge in [0.05, 0.1) is 25.7 Å². The Morgan fingerprint density at radius 3 is 2.42 bits per heavy atom. The molecule has 0 bridgehead atoms. The summed E-state index contributed by atoms with van der Waals surface area (Å²) in [6, 6.07) is 16.7. The summed E-state index contributed by atoms with van der Waals surface area (Å²) < 4.78 is 36.6. The molecule has 6 nitrogen and oxygen atoms in total. The van der Waals surface area contributed by atoms with Crippen LogP contribution < -0.4 is 9.47 Å². The van der Waals surface area contributed by atoms with Gasteiger partial charge in [-0.05, 0) is 36.4 Å². The quantitative estimate of drug-likeness (QED) is 0.454. The molecule has 0 fully saturated rings. The van der Waals surface area contributed by atoms with Crippen molar-refractivity contribution in [3.63, 3.8) is 0 Å². The molecule has 1 aliphatic heterocycles. The smallest absolute Gasteiger partial charge is 0.261 e. The number of benzene rings is 2. The minimum absolute atomic E-state index is 0. The van der Waals surface area contributed by atoms with Crippen LogP contribution in [0.2, 0.25) is 0 Å². The maximum Gasteiger partial charge on any atom is 0.261 e. The number of hydrogen-bond acceptors (Lipinski definition) is 5. The Morgan fingerprint density at radius 2 is 1.85 bits per heavy atom. The van der Waals surface area contributed by atoms with E-state index in [1.165, 1.54) is 0 Å². The van der Waals surface area contributed by atoms with Gasteiger partial charge in [-0.2, -0.15) is 8.42 Å². The van der Waals surface area contributed by atoms with Crippen LogP contribution in [0.1, 0.15) is 12.0 Å². The molecule has 0 amide bonds. The van der Waals surface area contributed by atoms with Crippen LogP contribution in [0.3, 0.4) is 0 Å². The Morgan fingerprint density at radius 1 is 1.23 bits per heavy atom. The van der Waals surface area contributed by atoms with E-state index in [4.69, 9.17) is 14.0 Å². The molecule has 0 unspecified atom stereocenters. The van der Waals surface area contributed by atoms with E-state index < -0.39 is 10.1 Å². The SMILES string of the molecule is COc1ccc(N=C2CCOc3ccc[c-]c32)cc1.CS(=O)(=O)O.[CH3-].[Ir]. The third-order valence-corrected chi connectivity index (χ3v) is 3.04. The number of hydrogen-bond donors (Lipinski definition) is 1. The number of nitrogens with zero attached hydrogens (tertiary/aromatic N) is 1. The van der Waals surface area contributed by atoms with E-state index >= 15 is 0 Å². The molecular formula is C18H21IrNO5S-2. The van der Waals surface area contributed by atoms with Crippen molar-refractivity contribution >= 4 is 21.5 Å². The third kappa shape index (κ3) is 8.10. The predicted octanol–water partition coefficient (Wildman–Crippen LogP) is 3.35. The fourth-order valence-corrected chi connectivity index (χ4v) is 2.07. The second-order valence-electron chi connectivity index (χ2n) is 5.00. The van der Waals surface area contributed by atoms with E-state index in [0.717, 1.165) is 34.9 Å². The van der Waals surface area contributed by atoms with Crippen LogP contribution in [-0.4, -0.2) is 38.7 Å². The monoisotopic (exact) mass is 556 g/mol. The van der Waals surface area contributed by atoms with Crippen molar-refractivity contribution in [1.82, 2.24) is 0 Å². The zero-order valence-electron chi connectivity index (χ0n) is 14.7. The second-order valence-corrected chi connectivity index (χ2v) is 6.46. The first kappa shape index (κ1) is 24.3. The molecule has 0 saturated carbocycles. The molecule has 2 aromatic carbocycles. The maximum atomic E-state index is 9.19. The third-order valence-electron chi connectivity index (χ3n) is 3.04. The van der Waals surface area contributed by atoms with Gasteiger partial charge < -0.3 is 21.9 Å². The van der Waals surface area contributed by atoms with Crippen LogP contribution in [0.25, 0.3) is 0 Å². The molecule has 26 heavy (non-hydrogen) atoms. The van der Waals surface area contributed by atoms with E-state index in [-0.39, 0.29) is 27.5 Å². The summed E-state index contributed by atoms with van der Waals surface area (Å²) >= 11 is 0. The van der Waals surface area contributed by atoms with Crippen molar-refractivity contribution in [2.75, 3.05) is 20.0 Å². The maximum absolute atomic E-state index is 9.19. The van der Waals surface area contributed by atoms with Gasteiger partial charge in [-0.15, -0.1) is 24.3 Å². The number of rotatable bonds is 2. The molecule has 145 valence electrons. The Labute approximate surface area is 168 Å². The van der Waals surface area contributed by atoms with Crippen molar-refractivity contribution in [1.29, 1.82) is 0 Å². The molecule has 0 aliphatic carbocycles. The summed E-state index contributed by atoms with van der Waals surface area (Å²) in [6.07, 6.45) is 1.52. The summed E-state index contributed by atoms with van der Waals surface area (Å²) in [5.74, 6) is 1.70. The van der Waals surface area contributed by atoms with Gasteiger partial charge in [0.25, 0.3) is 10.1 Å². The van der Waals surface area contributed by atoms with Crippen LogP contribution in [0.15, 0.2) is 47.5 Å². The molecule has 0 spiro atoms. The van der Waals surface area contributed by atoms with Gasteiger partial charge in [0.1, 0.15) is 5.75 Å². The molecule has 3 rings (SSSR count). The Balaban J connectivity index is 0.000000798. The first-order valence-corrected chi connectivity index (χ1v) is 8.99. The van der Waals surface area contributed by atoms with E-state index in [2.05, 4.69) is 11.1 Å². The van der Waals surface area contributed by atoms with Gasteiger partial charge in [0.2, 0.25) is 0 Å². The van der Waals surface area contributed by atoms with Crippen molar-refractivity contribution in [2.24, 2.45) is 4.99 Å². The fraction of sp³-hybridized carbons (Fsp3) is 0.222. The summed E-state index contributed by atoms with van der Waals surface area (Å²) in [5, 5.41) is 0. The van der Waals surface area contributed by atoms with Crippen molar-refractivity contribution in [3.8, 4) is 11.5 Å². The second kappa shape index (κ2) is 11.1. The summed E-state index contributed by atoms with van der Waals surface area (Å²) in [6.45, 7) is 0.667. The van der Waals surface area contributed by atoms with E-state index in [0.29, 0.717) is 12.9 Å². The van der Waals surface area contributed by atoms with Crippen LogP contribution in [0, 0.1) is 13.5 Å². The topological polar surface area (TPSA) is 85.2 Å². The molecule has 2 aromatic rings. The molecule has 0 atom stereocenters. The Kier molecular flexibility index (Phi) is 10.3. The molecular weight excluding hydrogens is 534 g/mol. The van der Waals surface area contributed by atoms with Crippen molar-refractivity contribution < 1.29 is 42.5 Å². The van der Waals surface area contributed by atoms with Crippen molar-refractivity contribution in [3.05, 3.63) is 61.5 Å². The van der Waals surface area contributed by atoms with Gasteiger partial charge in [0, 0.05) is 25.9 Å². The van der Waals surface area contributed by atoms with Gasteiger partial charge in [0.15, 0.2) is 0 Å². The number of fused-ring (bicyclic) bond motifs is 1. The average Bonchev–Trinajstić information content (AvgIpc) is 2.54. The van der Waals surface area contributed by atoms with Crippen LogP contribution in [0.5, 0.6) is 11.5 Å². The Bertz CT molecular complexity index is 812. The largest absolute Gasteiger partial charge is 0.537 e. The van der Waals surface area contributed by atoms with Crippen LogP contribution in [-0.2, 0) is 30.2 Å². The number of aliphatic imine (C=N–C) groups is 1. The summed E-state index contributed by atoms with van der Waals surface area (Å²) in [5.41, 5.74) is 2.90. The Hall–Kier alpha value is -1.73. The molecule has 0 aromatic heterocycles. The van der Waals surface area contributed by atoms with Gasteiger partial charge in [-0.1, -0.05) is 5.56 Å². The van der Waals surface area contributed by atoms with E-state index in [1.54, 1.807) is 7.11 Å². The normalized spacial score (nSPS) is 13.7. The van der Waals surface area contributed by atoms with E-state index in [9.17, 15) is 8.42 Å². The van der Waals surface area contributed by atoms with Gasteiger partial charge in [-0.25, -0.2) is 0 Å². The van der Waals surface area contributed by atoms with E-state index in [1.807, 2.05) is 42.5 Å². The molecule has 8 heteroatoms. The molecule has 1 radical (unpaired) electrons. The molecule has 1 heterocycles. The number of methoxy groups -OCH3 is 1. The standard InChI is InChI=1S/C16H14NO2.CH4O3S.CH3.Ir/c1-18-13-8-6-12(7-9-13)17-15-10-11-19-16-5-3-2-4-14(15)16;1-5(2,3)4;;/h2-3,5-9H,10-11H2,1H3;1H3,(H,2,3,4);1H3;/q-1;;-1;. The molecule has 1 aliphatic rings. The first-order chi connectivity index (χ1) is 11.4. The zero-order valence-corrected chi connectivity index (χ0v) is 17.9. The van der Waals surface area contributed by atoms with Gasteiger partial charge >= 0.3 is 0 Å². The minimum atomic E-state index is -3.67. The van der Waals surface area contributed by atoms with Crippen molar-refractivity contribution in [2.45, 2.75) is 6.42 Å². The fourth-order valence-electron chi connectivity index (χ4n) is 2.07. The molecule has 1 N–H and O–H groups in total. The summed E-state index contributed by atoms with van der Waals surface area (Å²) in [7, 11) is -2.01.